The number of ether oxygens (including phenoxy) is 2. The third-order valence-electron chi connectivity index (χ3n) is 4.89. The van der Waals surface area contributed by atoms with Gasteiger partial charge in [0.1, 0.15) is 5.75 Å². The van der Waals surface area contributed by atoms with Gasteiger partial charge in [-0.3, -0.25) is 16.3 Å². The van der Waals surface area contributed by atoms with Gasteiger partial charge in [-0.1, -0.05) is 0 Å². The highest BCUT2D eigenvalue weighted by Crippen LogP contribution is 2.16. The fourth-order valence-electron chi connectivity index (χ4n) is 3.04. The Hall–Kier alpha value is -4.01. The predicted molar refractivity (Wildman–Crippen MR) is 132 cm³/mol. The van der Waals surface area contributed by atoms with Crippen molar-refractivity contribution in [3.63, 3.8) is 0 Å². The fraction of sp³-hybridized carbons (Fsp3) is 0.304. The molecule has 2 aromatic rings. The SMILES string of the molecule is CN1CCN(C(=O)COC(=O)c2ccc(OC(=O)c3ccc([NH+]=C(N)N)cc3)cc2)CC1.CS(=O)(=O)[O-]. The molecule has 5 N–H and O–H groups in total. The first kappa shape index (κ1) is 29.2. The number of piperazine rings is 1. The Bertz CT molecular complexity index is 1210. The quantitative estimate of drug-likeness (QED) is 0.121. The number of nitrogens with two attached hydrogens (primary N) is 2. The summed E-state index contributed by atoms with van der Waals surface area (Å²) < 4.78 is 37.7. The van der Waals surface area contributed by atoms with Gasteiger partial charge >= 0.3 is 17.9 Å². The van der Waals surface area contributed by atoms with Crippen LogP contribution in [0.5, 0.6) is 5.75 Å². The lowest BCUT2D eigenvalue weighted by Crippen LogP contribution is -2.72. The average Bonchev–Trinajstić information content (AvgIpc) is 2.82. The number of hydrogen-bond donors (Lipinski definition) is 3. The Morgan fingerprint density at radius 2 is 1.41 bits per heavy atom. The lowest BCUT2D eigenvalue weighted by atomic mass is 10.2. The molecule has 37 heavy (non-hydrogen) atoms. The molecule has 0 aliphatic carbocycles. The second-order valence-electron chi connectivity index (χ2n) is 8.04. The number of hydrogen-bond acceptors (Lipinski definition) is 9. The second kappa shape index (κ2) is 13.3. The molecule has 1 heterocycles. The molecule has 0 unspecified atom stereocenters. The maximum absolute atomic E-state index is 12.3. The molecular formula is C23H29N5O8S. The van der Waals surface area contributed by atoms with Crippen molar-refractivity contribution in [2.45, 2.75) is 0 Å². The number of rotatable bonds is 6. The van der Waals surface area contributed by atoms with Crippen molar-refractivity contribution < 1.29 is 41.8 Å². The van der Waals surface area contributed by atoms with Crippen molar-refractivity contribution in [3.05, 3.63) is 59.7 Å². The second-order valence-corrected chi connectivity index (χ2v) is 9.44. The summed E-state index contributed by atoms with van der Waals surface area (Å²) in [6, 6.07) is 12.3. The Balaban J connectivity index is 0.000000877. The van der Waals surface area contributed by atoms with Crippen LogP contribution in [-0.4, -0.2) is 92.7 Å². The van der Waals surface area contributed by atoms with Crippen LogP contribution in [0.1, 0.15) is 20.7 Å². The van der Waals surface area contributed by atoms with E-state index in [0.717, 1.165) is 13.1 Å². The first-order chi connectivity index (χ1) is 17.3. The molecule has 14 heteroatoms. The molecule has 2 aromatic carbocycles. The molecule has 0 saturated carbocycles. The highest BCUT2D eigenvalue weighted by Gasteiger charge is 2.20. The summed E-state index contributed by atoms with van der Waals surface area (Å²) in [4.78, 5) is 43.2. The van der Waals surface area contributed by atoms with Crippen LogP contribution in [0.3, 0.4) is 0 Å². The molecule has 1 aliphatic rings. The van der Waals surface area contributed by atoms with Gasteiger partial charge in [-0.2, -0.15) is 0 Å². The van der Waals surface area contributed by atoms with Gasteiger partial charge in [-0.15, -0.1) is 0 Å². The Morgan fingerprint density at radius 1 is 0.919 bits per heavy atom. The summed E-state index contributed by atoms with van der Waals surface area (Å²) in [7, 11) is -1.92. The lowest BCUT2D eigenvalue weighted by molar-refractivity contribution is -0.356. The normalized spacial score (nSPS) is 13.5. The number of guanidine groups is 1. The predicted octanol–water partition coefficient (Wildman–Crippen LogP) is -2.02. The summed E-state index contributed by atoms with van der Waals surface area (Å²) in [5.41, 5.74) is 12.0. The van der Waals surface area contributed by atoms with Crippen LogP contribution in [-0.2, 0) is 19.6 Å². The molecular weight excluding hydrogens is 506 g/mol. The molecule has 0 atom stereocenters. The molecule has 13 nitrogen and oxygen atoms in total. The minimum atomic E-state index is -3.92. The van der Waals surface area contributed by atoms with Gasteiger partial charge in [0, 0.05) is 32.4 Å². The molecule has 0 radical (unpaired) electrons. The van der Waals surface area contributed by atoms with E-state index < -0.39 is 22.1 Å². The topological polar surface area (TPSA) is 199 Å². The number of nitrogens with one attached hydrogen (secondary N) is 1. The van der Waals surface area contributed by atoms with Crippen molar-refractivity contribution in [2.75, 3.05) is 46.1 Å². The van der Waals surface area contributed by atoms with E-state index >= 15 is 0 Å². The Kier molecular flexibility index (Phi) is 10.5. The smallest absolute Gasteiger partial charge is 0.343 e. The van der Waals surface area contributed by atoms with Gasteiger partial charge in [-0.05, 0) is 55.6 Å². The Morgan fingerprint density at radius 3 is 1.92 bits per heavy atom. The van der Waals surface area contributed by atoms with Gasteiger partial charge in [-0.25, -0.2) is 23.0 Å². The van der Waals surface area contributed by atoms with Crippen LogP contribution in [0.15, 0.2) is 48.5 Å². The van der Waals surface area contributed by atoms with E-state index in [-0.39, 0.29) is 29.8 Å². The van der Waals surface area contributed by atoms with Gasteiger partial charge in [0.05, 0.1) is 26.9 Å². The third kappa shape index (κ3) is 11.1. The highest BCUT2D eigenvalue weighted by molar-refractivity contribution is 7.84. The zero-order valence-corrected chi connectivity index (χ0v) is 21.2. The van der Waals surface area contributed by atoms with Crippen LogP contribution in [0.2, 0.25) is 0 Å². The van der Waals surface area contributed by atoms with Crippen molar-refractivity contribution >= 4 is 39.6 Å². The zero-order chi connectivity index (χ0) is 27.6. The number of carbonyl (C=O) groups is 3. The van der Waals surface area contributed by atoms with Crippen molar-refractivity contribution in [3.8, 4) is 5.75 Å². The van der Waals surface area contributed by atoms with Crippen LogP contribution >= 0.6 is 0 Å². The molecule has 1 fully saturated rings. The maximum Gasteiger partial charge on any atom is 0.343 e. The van der Waals surface area contributed by atoms with E-state index in [1.54, 1.807) is 29.2 Å². The maximum atomic E-state index is 12.3. The number of likely N-dealkylation sites (N-methyl/N-ethyl adjacent to an activating group) is 1. The number of esters is 2. The molecule has 1 aliphatic heterocycles. The number of carbonyl (C=O) groups excluding carboxylic acids is 3. The van der Waals surface area contributed by atoms with Crippen molar-refractivity contribution in [1.29, 1.82) is 0 Å². The highest BCUT2D eigenvalue weighted by atomic mass is 32.2. The van der Waals surface area contributed by atoms with Gasteiger partial charge < -0.3 is 23.8 Å². The molecule has 1 amide bonds. The third-order valence-corrected chi connectivity index (χ3v) is 4.89. The van der Waals surface area contributed by atoms with Crippen LogP contribution < -0.4 is 21.2 Å². The van der Waals surface area contributed by atoms with Crippen LogP contribution in [0, 0.1) is 0 Å². The van der Waals surface area contributed by atoms with Crippen molar-refractivity contribution in [1.82, 2.24) is 9.80 Å². The van der Waals surface area contributed by atoms with E-state index in [2.05, 4.69) is 9.89 Å². The first-order valence-electron chi connectivity index (χ1n) is 10.9. The lowest BCUT2D eigenvalue weighted by Gasteiger charge is -2.32. The van der Waals surface area contributed by atoms with Gasteiger partial charge in [0.15, 0.2) is 6.61 Å². The van der Waals surface area contributed by atoms with Crippen LogP contribution in [0.4, 0.5) is 5.69 Å². The summed E-state index contributed by atoms with van der Waals surface area (Å²) in [5, 5.41) is 0. The van der Waals surface area contributed by atoms with E-state index in [1.807, 2.05) is 7.05 Å². The van der Waals surface area contributed by atoms with E-state index in [0.29, 0.717) is 30.6 Å². The monoisotopic (exact) mass is 535 g/mol. The summed E-state index contributed by atoms with van der Waals surface area (Å²) >= 11 is 0. The molecule has 3 rings (SSSR count). The number of nitrogens with zero attached hydrogens (tertiary/aromatic N) is 2. The number of amides is 1. The van der Waals surface area contributed by atoms with Crippen LogP contribution in [0.25, 0.3) is 0 Å². The largest absolute Gasteiger partial charge is 0.748 e. The summed E-state index contributed by atoms with van der Waals surface area (Å²) in [6.45, 7) is 2.51. The van der Waals surface area contributed by atoms with Gasteiger partial charge in [0.2, 0.25) is 0 Å². The zero-order valence-electron chi connectivity index (χ0n) is 20.4. The van der Waals surface area contributed by atoms with E-state index in [4.69, 9.17) is 33.9 Å². The Labute approximate surface area is 214 Å². The van der Waals surface area contributed by atoms with E-state index in [9.17, 15) is 14.4 Å². The molecule has 0 spiro atoms. The summed E-state index contributed by atoms with van der Waals surface area (Å²) in [6.07, 6.45) is 0.604. The summed E-state index contributed by atoms with van der Waals surface area (Å²) in [5.74, 6) is -1.09. The fourth-order valence-corrected chi connectivity index (χ4v) is 3.04. The molecule has 0 bridgehead atoms. The minimum Gasteiger partial charge on any atom is -0.748 e. The van der Waals surface area contributed by atoms with Crippen molar-refractivity contribution in [2.24, 2.45) is 11.5 Å². The molecule has 200 valence electrons. The standard InChI is InChI=1S/C22H25N5O5.CH4O3S/c1-26-10-12-27(13-11-26)19(28)14-31-20(29)15-4-8-18(9-5-15)32-21(30)16-2-6-17(7-3-16)25-22(23)24;1-5(2,3)4/h2-9H,10-14H2,1H3,(H4,23,24,25);1H3,(H,2,3,4). The van der Waals surface area contributed by atoms with Gasteiger partial charge in [0.25, 0.3) is 5.91 Å². The average molecular weight is 536 g/mol. The molecule has 0 aromatic heterocycles. The minimum absolute atomic E-state index is 0.0441. The van der Waals surface area contributed by atoms with E-state index in [1.165, 1.54) is 24.3 Å². The number of benzene rings is 2. The first-order valence-corrected chi connectivity index (χ1v) is 12.7. The molecule has 1 saturated heterocycles.